The molecule has 0 fully saturated rings. The Morgan fingerprint density at radius 2 is 1.89 bits per heavy atom. The van der Waals surface area contributed by atoms with Crippen LogP contribution >= 0.6 is 0 Å². The van der Waals surface area contributed by atoms with Crippen LogP contribution in [-0.4, -0.2) is 24.4 Å². The van der Waals surface area contributed by atoms with E-state index in [1.807, 2.05) is 45.2 Å². The molecule has 0 bridgehead atoms. The van der Waals surface area contributed by atoms with Crippen LogP contribution in [0.1, 0.15) is 45.2 Å². The molecule has 1 unspecified atom stereocenters. The van der Waals surface area contributed by atoms with Crippen LogP contribution in [0.15, 0.2) is 24.3 Å². The largest absolute Gasteiger partial charge is 0.490 e. The lowest BCUT2D eigenvalue weighted by Gasteiger charge is -2.26. The fraction of sp³-hybridized carbons (Fsp3) is 0.600. The second-order valence-corrected chi connectivity index (χ2v) is 4.77. The van der Waals surface area contributed by atoms with Gasteiger partial charge in [0, 0.05) is 11.6 Å². The van der Waals surface area contributed by atoms with Gasteiger partial charge in [0.25, 0.3) is 0 Å². The summed E-state index contributed by atoms with van der Waals surface area (Å²) in [7, 11) is 1.93. The molecule has 0 aromatic heterocycles. The van der Waals surface area contributed by atoms with Gasteiger partial charge in [0.15, 0.2) is 0 Å². The second kappa shape index (κ2) is 6.76. The van der Waals surface area contributed by atoms with Gasteiger partial charge >= 0.3 is 0 Å². The fourth-order valence-corrected chi connectivity index (χ4v) is 1.79. The highest BCUT2D eigenvalue weighted by atomic mass is 16.5. The third-order valence-corrected chi connectivity index (χ3v) is 3.63. The van der Waals surface area contributed by atoms with E-state index in [0.29, 0.717) is 19.4 Å². The molecular formula is C15H25NO2. The number of aliphatic hydroxyl groups is 1. The molecule has 1 aromatic rings. The topological polar surface area (TPSA) is 41.5 Å². The summed E-state index contributed by atoms with van der Waals surface area (Å²) in [6, 6.07) is 8.19. The van der Waals surface area contributed by atoms with E-state index in [1.165, 1.54) is 0 Å². The maximum Gasteiger partial charge on any atom is 0.124 e. The van der Waals surface area contributed by atoms with Gasteiger partial charge in [0.05, 0.1) is 5.60 Å². The van der Waals surface area contributed by atoms with E-state index in [9.17, 15) is 5.11 Å². The highest BCUT2D eigenvalue weighted by Crippen LogP contribution is 2.26. The normalized spacial score (nSPS) is 13.4. The zero-order chi connectivity index (χ0) is 13.6. The first-order valence-corrected chi connectivity index (χ1v) is 6.67. The molecule has 0 amide bonds. The predicted octanol–water partition coefficient (Wildman–Crippen LogP) is 2.90. The minimum Gasteiger partial charge on any atom is -0.490 e. The van der Waals surface area contributed by atoms with Crippen LogP contribution in [0.3, 0.4) is 0 Å². The van der Waals surface area contributed by atoms with Crippen molar-refractivity contribution in [1.82, 2.24) is 5.32 Å². The van der Waals surface area contributed by atoms with Crippen molar-refractivity contribution < 1.29 is 9.84 Å². The number of hydrogen-bond donors (Lipinski definition) is 2. The van der Waals surface area contributed by atoms with E-state index < -0.39 is 5.60 Å². The molecule has 0 radical (unpaired) electrons. The highest BCUT2D eigenvalue weighted by molar-refractivity contribution is 5.35. The lowest BCUT2D eigenvalue weighted by atomic mass is 9.99. The SMILES string of the molecule is CCC(O)(CC)COc1ccccc1C(C)NC. The summed E-state index contributed by atoms with van der Waals surface area (Å²) >= 11 is 0. The first-order valence-electron chi connectivity index (χ1n) is 6.67. The van der Waals surface area contributed by atoms with E-state index in [4.69, 9.17) is 4.74 Å². The van der Waals surface area contributed by atoms with Crippen molar-refractivity contribution in [1.29, 1.82) is 0 Å². The Bertz CT molecular complexity index is 361. The Morgan fingerprint density at radius 3 is 2.44 bits per heavy atom. The van der Waals surface area contributed by atoms with Crippen LogP contribution in [0.4, 0.5) is 0 Å². The second-order valence-electron chi connectivity index (χ2n) is 4.77. The molecule has 102 valence electrons. The van der Waals surface area contributed by atoms with E-state index in [0.717, 1.165) is 11.3 Å². The summed E-state index contributed by atoms with van der Waals surface area (Å²) in [5.41, 5.74) is 0.394. The first kappa shape index (κ1) is 15.0. The molecule has 1 rings (SSSR count). The number of nitrogens with one attached hydrogen (secondary N) is 1. The Labute approximate surface area is 110 Å². The van der Waals surface area contributed by atoms with E-state index >= 15 is 0 Å². The van der Waals surface area contributed by atoms with Gasteiger partial charge in [-0.25, -0.2) is 0 Å². The highest BCUT2D eigenvalue weighted by Gasteiger charge is 2.23. The van der Waals surface area contributed by atoms with Crippen molar-refractivity contribution in [3.63, 3.8) is 0 Å². The third kappa shape index (κ3) is 3.72. The molecule has 2 N–H and O–H groups in total. The molecule has 3 nitrogen and oxygen atoms in total. The maximum absolute atomic E-state index is 10.2. The smallest absolute Gasteiger partial charge is 0.124 e. The van der Waals surface area contributed by atoms with Gasteiger partial charge in [0.1, 0.15) is 12.4 Å². The molecular weight excluding hydrogens is 226 g/mol. The van der Waals surface area contributed by atoms with Crippen molar-refractivity contribution >= 4 is 0 Å². The lowest BCUT2D eigenvalue weighted by Crippen LogP contribution is -2.34. The summed E-state index contributed by atoms with van der Waals surface area (Å²) in [4.78, 5) is 0. The van der Waals surface area contributed by atoms with Gasteiger partial charge in [-0.05, 0) is 32.9 Å². The van der Waals surface area contributed by atoms with Gasteiger partial charge in [-0.2, -0.15) is 0 Å². The predicted molar refractivity (Wildman–Crippen MR) is 74.9 cm³/mol. The first-order chi connectivity index (χ1) is 8.56. The monoisotopic (exact) mass is 251 g/mol. The van der Waals surface area contributed by atoms with Crippen molar-refractivity contribution in [2.75, 3.05) is 13.7 Å². The molecule has 0 heterocycles. The molecule has 0 saturated carbocycles. The van der Waals surface area contributed by atoms with Crippen LogP contribution in [0.25, 0.3) is 0 Å². The molecule has 0 aliphatic heterocycles. The molecule has 18 heavy (non-hydrogen) atoms. The summed E-state index contributed by atoms with van der Waals surface area (Å²) in [6.07, 6.45) is 1.40. The number of rotatable bonds is 7. The lowest BCUT2D eigenvalue weighted by molar-refractivity contribution is -0.0117. The summed E-state index contributed by atoms with van der Waals surface area (Å²) in [5, 5.41) is 13.4. The van der Waals surface area contributed by atoms with Crippen LogP contribution in [-0.2, 0) is 0 Å². The zero-order valence-corrected chi connectivity index (χ0v) is 11.9. The molecule has 1 aromatic carbocycles. The minimum absolute atomic E-state index is 0.234. The number of ether oxygens (including phenoxy) is 1. The summed E-state index contributed by atoms with van der Waals surface area (Å²) in [6.45, 7) is 6.39. The number of para-hydroxylation sites is 1. The minimum atomic E-state index is -0.726. The van der Waals surface area contributed by atoms with E-state index in [-0.39, 0.29) is 6.04 Å². The molecule has 1 atom stereocenters. The molecule has 3 heteroatoms. The third-order valence-electron chi connectivity index (χ3n) is 3.63. The van der Waals surface area contributed by atoms with Crippen LogP contribution in [0.5, 0.6) is 5.75 Å². The van der Waals surface area contributed by atoms with Gasteiger partial charge in [0.2, 0.25) is 0 Å². The van der Waals surface area contributed by atoms with Crippen molar-refractivity contribution in [2.24, 2.45) is 0 Å². The van der Waals surface area contributed by atoms with Crippen molar-refractivity contribution in [3.05, 3.63) is 29.8 Å². The average molecular weight is 251 g/mol. The van der Waals surface area contributed by atoms with Crippen LogP contribution in [0, 0.1) is 0 Å². The summed E-state index contributed by atoms with van der Waals surface area (Å²) in [5.74, 6) is 0.847. The quantitative estimate of drug-likeness (QED) is 0.783. The summed E-state index contributed by atoms with van der Waals surface area (Å²) < 4.78 is 5.82. The number of hydrogen-bond acceptors (Lipinski definition) is 3. The van der Waals surface area contributed by atoms with Crippen molar-refractivity contribution in [2.45, 2.75) is 45.3 Å². The van der Waals surface area contributed by atoms with Crippen molar-refractivity contribution in [3.8, 4) is 5.75 Å². The zero-order valence-electron chi connectivity index (χ0n) is 11.9. The molecule has 0 saturated heterocycles. The maximum atomic E-state index is 10.2. The Morgan fingerprint density at radius 1 is 1.28 bits per heavy atom. The fourth-order valence-electron chi connectivity index (χ4n) is 1.79. The van der Waals surface area contributed by atoms with Gasteiger partial charge < -0.3 is 15.2 Å². The average Bonchev–Trinajstić information content (AvgIpc) is 2.44. The van der Waals surface area contributed by atoms with Crippen LogP contribution in [0.2, 0.25) is 0 Å². The van der Waals surface area contributed by atoms with E-state index in [2.05, 4.69) is 12.2 Å². The Hall–Kier alpha value is -1.06. The van der Waals surface area contributed by atoms with Gasteiger partial charge in [-0.15, -0.1) is 0 Å². The molecule has 0 aliphatic rings. The Balaban J connectivity index is 2.78. The van der Waals surface area contributed by atoms with Gasteiger partial charge in [-0.3, -0.25) is 0 Å². The van der Waals surface area contributed by atoms with E-state index in [1.54, 1.807) is 0 Å². The van der Waals surface area contributed by atoms with Gasteiger partial charge in [-0.1, -0.05) is 32.0 Å². The number of benzene rings is 1. The molecule has 0 spiro atoms. The van der Waals surface area contributed by atoms with Crippen LogP contribution < -0.4 is 10.1 Å². The molecule has 0 aliphatic carbocycles. The Kier molecular flexibility index (Phi) is 5.63. The standard InChI is InChI=1S/C15H25NO2/c1-5-15(17,6-2)11-18-14-10-8-7-9-13(14)12(3)16-4/h7-10,12,16-17H,5-6,11H2,1-4H3.